The lowest BCUT2D eigenvalue weighted by atomic mass is 10.0. The number of aryl methyl sites for hydroxylation is 2. The third kappa shape index (κ3) is 3.95. The van der Waals surface area contributed by atoms with Crippen LogP contribution >= 0.6 is 0 Å². The van der Waals surface area contributed by atoms with Gasteiger partial charge < -0.3 is 5.11 Å². The van der Waals surface area contributed by atoms with Crippen LogP contribution in [0.15, 0.2) is 48.5 Å². The van der Waals surface area contributed by atoms with E-state index in [9.17, 15) is 4.79 Å². The van der Waals surface area contributed by atoms with Crippen LogP contribution in [0.5, 0.6) is 0 Å². The summed E-state index contributed by atoms with van der Waals surface area (Å²) in [6.45, 7) is 7.91. The molecule has 0 radical (unpaired) electrons. The van der Waals surface area contributed by atoms with Crippen molar-refractivity contribution in [2.24, 2.45) is 5.92 Å². The molecule has 0 aliphatic heterocycles. The molecule has 1 heterocycles. The van der Waals surface area contributed by atoms with E-state index in [0.717, 1.165) is 24.2 Å². The van der Waals surface area contributed by atoms with E-state index >= 15 is 0 Å². The van der Waals surface area contributed by atoms with Crippen LogP contribution in [0.25, 0.3) is 23.2 Å². The second-order valence-corrected chi connectivity index (χ2v) is 6.85. The minimum atomic E-state index is -0.754. The molecular formula is C23H27N2O2+. The number of hydrogen-bond acceptors (Lipinski definition) is 1. The number of hydrogen-bond donors (Lipinski definition) is 1. The predicted molar refractivity (Wildman–Crippen MR) is 109 cm³/mol. The molecule has 0 saturated heterocycles. The van der Waals surface area contributed by atoms with Gasteiger partial charge in [-0.15, -0.1) is 0 Å². The van der Waals surface area contributed by atoms with Gasteiger partial charge in [0.05, 0.1) is 19.0 Å². The predicted octanol–water partition coefficient (Wildman–Crippen LogP) is 4.40. The van der Waals surface area contributed by atoms with Gasteiger partial charge in [-0.05, 0) is 49.6 Å². The number of benzene rings is 2. The summed E-state index contributed by atoms with van der Waals surface area (Å²) >= 11 is 0. The quantitative estimate of drug-likeness (QED) is 0.632. The monoisotopic (exact) mass is 363 g/mol. The average molecular weight is 363 g/mol. The first-order valence-electron chi connectivity index (χ1n) is 9.56. The lowest BCUT2D eigenvalue weighted by Gasteiger charge is -2.06. The van der Waals surface area contributed by atoms with Crippen molar-refractivity contribution in [2.75, 3.05) is 0 Å². The molecule has 0 aliphatic rings. The first kappa shape index (κ1) is 18.9. The Bertz CT molecular complexity index is 927. The number of para-hydroxylation sites is 2. The van der Waals surface area contributed by atoms with E-state index in [0.29, 0.717) is 6.42 Å². The van der Waals surface area contributed by atoms with Crippen LogP contribution in [0.1, 0.15) is 37.7 Å². The van der Waals surface area contributed by atoms with Crippen molar-refractivity contribution < 1.29 is 14.5 Å². The highest BCUT2D eigenvalue weighted by molar-refractivity contribution is 5.76. The van der Waals surface area contributed by atoms with Gasteiger partial charge in [0.1, 0.15) is 0 Å². The Hall–Kier alpha value is -2.88. The first-order valence-corrected chi connectivity index (χ1v) is 9.56. The number of fused-ring (bicyclic) bond motifs is 1. The maximum Gasteiger partial charge on any atom is 0.306 e. The maximum absolute atomic E-state index is 11.0. The number of imidazole rings is 1. The van der Waals surface area contributed by atoms with Gasteiger partial charge in [0.25, 0.3) is 5.82 Å². The van der Waals surface area contributed by atoms with Gasteiger partial charge in [-0.2, -0.15) is 0 Å². The van der Waals surface area contributed by atoms with Crippen LogP contribution in [0.2, 0.25) is 0 Å². The van der Waals surface area contributed by atoms with Crippen molar-refractivity contribution in [3.63, 3.8) is 0 Å². The minimum absolute atomic E-state index is 0.366. The average Bonchev–Trinajstić information content (AvgIpc) is 2.99. The van der Waals surface area contributed by atoms with Gasteiger partial charge in [-0.3, -0.25) is 4.79 Å². The first-order chi connectivity index (χ1) is 13.0. The van der Waals surface area contributed by atoms with Crippen LogP contribution < -0.4 is 4.57 Å². The highest BCUT2D eigenvalue weighted by Gasteiger charge is 2.20. The Morgan fingerprint density at radius 3 is 2.44 bits per heavy atom. The van der Waals surface area contributed by atoms with E-state index in [1.165, 1.54) is 16.9 Å². The molecule has 4 heteroatoms. The summed E-state index contributed by atoms with van der Waals surface area (Å²) < 4.78 is 4.66. The Kier molecular flexibility index (Phi) is 5.75. The van der Waals surface area contributed by atoms with E-state index in [2.05, 4.69) is 71.5 Å². The van der Waals surface area contributed by atoms with Gasteiger partial charge in [0.15, 0.2) is 11.0 Å². The standard InChI is InChI=1S/C23H26N2O2/c1-4-24-20-8-6-7-9-21(20)25(5-2)22(24)15-14-18-10-12-19(13-11-18)16-17(3)23(26)27/h6-15,17H,4-5,16H2,1-3H3/p+1/b15-14+. The molecule has 3 rings (SSSR count). The maximum atomic E-state index is 11.0. The molecule has 1 atom stereocenters. The minimum Gasteiger partial charge on any atom is -0.481 e. The molecule has 140 valence electrons. The summed E-state index contributed by atoms with van der Waals surface area (Å²) in [4.78, 5) is 11.0. The number of aromatic nitrogens is 2. The van der Waals surface area contributed by atoms with Crippen LogP contribution in [-0.4, -0.2) is 15.6 Å². The molecule has 0 aliphatic carbocycles. The van der Waals surface area contributed by atoms with Crippen molar-refractivity contribution in [2.45, 2.75) is 40.3 Å². The molecule has 0 fully saturated rings. The normalized spacial score (nSPS) is 12.7. The molecule has 27 heavy (non-hydrogen) atoms. The van der Waals surface area contributed by atoms with Gasteiger partial charge in [-0.25, -0.2) is 9.13 Å². The summed E-state index contributed by atoms with van der Waals surface area (Å²) in [6, 6.07) is 16.6. The number of carboxylic acids is 1. The summed E-state index contributed by atoms with van der Waals surface area (Å²) in [5.41, 5.74) is 4.66. The third-order valence-electron chi connectivity index (χ3n) is 5.02. The summed E-state index contributed by atoms with van der Waals surface area (Å²) in [5.74, 6) is 0.0652. The number of nitrogens with zero attached hydrogens (tertiary/aromatic N) is 2. The smallest absolute Gasteiger partial charge is 0.306 e. The topological polar surface area (TPSA) is 46.1 Å². The summed E-state index contributed by atoms with van der Waals surface area (Å²) in [5, 5.41) is 9.05. The van der Waals surface area contributed by atoms with Gasteiger partial charge >= 0.3 is 5.97 Å². The second kappa shape index (κ2) is 8.21. The molecule has 0 saturated carbocycles. The zero-order valence-electron chi connectivity index (χ0n) is 16.2. The van der Waals surface area contributed by atoms with Gasteiger partial charge in [0, 0.05) is 6.08 Å². The van der Waals surface area contributed by atoms with Gasteiger partial charge in [-0.1, -0.05) is 43.3 Å². The SMILES string of the molecule is CCn1c(/C=C/c2ccc(CC(C)C(=O)O)cc2)[n+](CC)c2ccccc21. The lowest BCUT2D eigenvalue weighted by molar-refractivity contribution is -0.670. The Balaban J connectivity index is 1.89. The van der Waals surface area contributed by atoms with E-state index in [4.69, 9.17) is 5.11 Å². The fourth-order valence-electron chi connectivity index (χ4n) is 3.53. The zero-order valence-corrected chi connectivity index (χ0v) is 16.2. The molecule has 0 amide bonds. The third-order valence-corrected chi connectivity index (χ3v) is 5.02. The van der Waals surface area contributed by atoms with Crippen molar-refractivity contribution in [1.82, 2.24) is 4.57 Å². The van der Waals surface area contributed by atoms with Crippen LogP contribution in [-0.2, 0) is 24.3 Å². The fraction of sp³-hybridized carbons (Fsp3) is 0.304. The van der Waals surface area contributed by atoms with Crippen LogP contribution in [0.4, 0.5) is 0 Å². The number of rotatable bonds is 7. The molecule has 1 aromatic heterocycles. The molecule has 4 nitrogen and oxygen atoms in total. The molecule has 1 unspecified atom stereocenters. The lowest BCUT2D eigenvalue weighted by Crippen LogP contribution is -2.35. The molecule has 1 N–H and O–H groups in total. The molecule has 0 bridgehead atoms. The summed E-state index contributed by atoms with van der Waals surface area (Å²) in [7, 11) is 0. The Labute approximate surface area is 160 Å². The molecule has 2 aromatic carbocycles. The molecule has 0 spiro atoms. The number of aliphatic carboxylic acids is 1. The van der Waals surface area contributed by atoms with E-state index < -0.39 is 5.97 Å². The summed E-state index contributed by atoms with van der Waals surface area (Å²) in [6.07, 6.45) is 4.85. The van der Waals surface area contributed by atoms with Crippen molar-refractivity contribution in [3.8, 4) is 0 Å². The highest BCUT2D eigenvalue weighted by atomic mass is 16.4. The van der Waals surface area contributed by atoms with E-state index in [1.54, 1.807) is 6.92 Å². The van der Waals surface area contributed by atoms with Crippen molar-refractivity contribution >= 4 is 29.2 Å². The van der Waals surface area contributed by atoms with Gasteiger partial charge in [0.2, 0.25) is 0 Å². The number of carbonyl (C=O) groups is 1. The van der Waals surface area contributed by atoms with E-state index in [1.807, 2.05) is 12.1 Å². The van der Waals surface area contributed by atoms with Crippen molar-refractivity contribution in [1.29, 1.82) is 0 Å². The molecular weight excluding hydrogens is 336 g/mol. The Morgan fingerprint density at radius 1 is 1.11 bits per heavy atom. The Morgan fingerprint density at radius 2 is 1.81 bits per heavy atom. The number of carboxylic acid groups (broad SMARTS) is 1. The fourth-order valence-corrected chi connectivity index (χ4v) is 3.53. The largest absolute Gasteiger partial charge is 0.481 e. The highest BCUT2D eigenvalue weighted by Crippen LogP contribution is 2.17. The van der Waals surface area contributed by atoms with Crippen LogP contribution in [0, 0.1) is 5.92 Å². The molecule has 3 aromatic rings. The second-order valence-electron chi connectivity index (χ2n) is 6.85. The zero-order chi connectivity index (χ0) is 19.4. The van der Waals surface area contributed by atoms with Crippen LogP contribution in [0.3, 0.4) is 0 Å². The van der Waals surface area contributed by atoms with E-state index in [-0.39, 0.29) is 5.92 Å². The van der Waals surface area contributed by atoms with Crippen molar-refractivity contribution in [3.05, 3.63) is 65.5 Å².